The number of hydrogen-bond acceptors (Lipinski definition) is 2. The van der Waals surface area contributed by atoms with Crippen LogP contribution in [0, 0.1) is 11.3 Å². The fraction of sp³-hybridized carbons (Fsp3) is 0.400. The highest BCUT2D eigenvalue weighted by molar-refractivity contribution is 5.03. The Morgan fingerprint density at radius 1 is 1.86 bits per heavy atom. The Hall–Kier alpha value is -0.810. The van der Waals surface area contributed by atoms with Gasteiger partial charge in [-0.25, -0.2) is 0 Å². The van der Waals surface area contributed by atoms with E-state index in [9.17, 15) is 0 Å². The molecular formula is C5H7NO. The molecule has 1 atom stereocenters. The lowest BCUT2D eigenvalue weighted by molar-refractivity contribution is 0.244. The lowest BCUT2D eigenvalue weighted by atomic mass is 10.4. The van der Waals surface area contributed by atoms with Crippen molar-refractivity contribution in [1.29, 1.82) is 5.26 Å². The van der Waals surface area contributed by atoms with Gasteiger partial charge in [-0.3, -0.25) is 0 Å². The molecule has 0 aliphatic carbocycles. The first-order valence-corrected chi connectivity index (χ1v) is 2.01. The first-order valence-electron chi connectivity index (χ1n) is 2.01. The van der Waals surface area contributed by atoms with Crippen LogP contribution < -0.4 is 0 Å². The molecule has 7 heavy (non-hydrogen) atoms. The van der Waals surface area contributed by atoms with E-state index in [1.54, 1.807) is 13.0 Å². The first kappa shape index (κ1) is 6.19. The molecule has 0 aromatic carbocycles. The molecule has 0 radical (unpaired) electrons. The predicted molar refractivity (Wildman–Crippen MR) is 26.4 cm³/mol. The van der Waals surface area contributed by atoms with Crippen LogP contribution in [0.1, 0.15) is 6.92 Å². The van der Waals surface area contributed by atoms with E-state index < -0.39 is 6.10 Å². The van der Waals surface area contributed by atoms with Gasteiger partial charge in [-0.2, -0.15) is 5.26 Å². The van der Waals surface area contributed by atoms with Crippen molar-refractivity contribution in [2.45, 2.75) is 13.0 Å². The van der Waals surface area contributed by atoms with Crippen molar-refractivity contribution in [1.82, 2.24) is 0 Å². The summed E-state index contributed by atoms with van der Waals surface area (Å²) in [5, 5.41) is 16.3. The minimum Gasteiger partial charge on any atom is -0.389 e. The standard InChI is InChI=1S/C5H7NO/c1-5(7)3-2-4-6/h2-3,5,7H,1H3/b3-2+/t5-/m1/s1. The van der Waals surface area contributed by atoms with E-state index in [0.717, 1.165) is 0 Å². The number of nitriles is 1. The fourth-order valence-electron chi connectivity index (χ4n) is 0.182. The van der Waals surface area contributed by atoms with Gasteiger partial charge in [0, 0.05) is 6.08 Å². The van der Waals surface area contributed by atoms with Crippen molar-refractivity contribution in [3.63, 3.8) is 0 Å². The first-order chi connectivity index (χ1) is 3.27. The van der Waals surface area contributed by atoms with Gasteiger partial charge in [0.05, 0.1) is 12.2 Å². The maximum atomic E-state index is 8.45. The van der Waals surface area contributed by atoms with Crippen LogP contribution in [0.5, 0.6) is 0 Å². The van der Waals surface area contributed by atoms with Gasteiger partial charge in [0.15, 0.2) is 0 Å². The topological polar surface area (TPSA) is 44.0 Å². The molecule has 0 aliphatic rings. The molecule has 0 saturated carbocycles. The van der Waals surface area contributed by atoms with Crippen molar-refractivity contribution in [2.75, 3.05) is 0 Å². The molecule has 0 aromatic rings. The van der Waals surface area contributed by atoms with Gasteiger partial charge in [0.25, 0.3) is 0 Å². The maximum Gasteiger partial charge on any atom is 0.0909 e. The second kappa shape index (κ2) is 3.38. The molecule has 38 valence electrons. The molecule has 0 spiro atoms. The number of rotatable bonds is 1. The monoisotopic (exact) mass is 97.1 g/mol. The van der Waals surface area contributed by atoms with Crippen molar-refractivity contribution < 1.29 is 5.11 Å². The number of aliphatic hydroxyl groups excluding tert-OH is 1. The van der Waals surface area contributed by atoms with Crippen LogP contribution >= 0.6 is 0 Å². The molecule has 0 bridgehead atoms. The van der Waals surface area contributed by atoms with E-state index in [2.05, 4.69) is 0 Å². The average molecular weight is 97.1 g/mol. The number of nitrogens with zero attached hydrogens (tertiary/aromatic N) is 1. The third-order valence-corrected chi connectivity index (χ3v) is 0.449. The quantitative estimate of drug-likeness (QED) is 0.483. The molecule has 0 saturated heterocycles. The van der Waals surface area contributed by atoms with Gasteiger partial charge in [-0.05, 0) is 13.0 Å². The van der Waals surface area contributed by atoms with Crippen LogP contribution in [-0.2, 0) is 0 Å². The van der Waals surface area contributed by atoms with Gasteiger partial charge >= 0.3 is 0 Å². The Bertz CT molecular complexity index is 99.1. The fourth-order valence-corrected chi connectivity index (χ4v) is 0.182. The maximum absolute atomic E-state index is 8.45. The molecule has 2 nitrogen and oxygen atoms in total. The van der Waals surface area contributed by atoms with E-state index >= 15 is 0 Å². The molecule has 0 heterocycles. The summed E-state index contributed by atoms with van der Waals surface area (Å²) in [5.74, 6) is 0. The molecular weight excluding hydrogens is 90.1 g/mol. The number of allylic oxidation sites excluding steroid dienone is 1. The molecule has 2 heteroatoms. The normalized spacial score (nSPS) is 13.9. The summed E-state index contributed by atoms with van der Waals surface area (Å²) in [6.07, 6.45) is 2.17. The Labute approximate surface area is 42.7 Å². The SMILES string of the molecule is C[C@@H](O)/C=C/C#N. The molecule has 1 N–H and O–H groups in total. The van der Waals surface area contributed by atoms with Gasteiger partial charge < -0.3 is 5.11 Å². The molecule has 0 unspecified atom stereocenters. The van der Waals surface area contributed by atoms with Crippen LogP contribution in [0.4, 0.5) is 0 Å². The Balaban J connectivity index is 3.31. The zero-order chi connectivity index (χ0) is 5.70. The van der Waals surface area contributed by atoms with E-state index in [-0.39, 0.29) is 0 Å². The van der Waals surface area contributed by atoms with Gasteiger partial charge in [-0.1, -0.05) is 0 Å². The van der Waals surface area contributed by atoms with Crippen molar-refractivity contribution >= 4 is 0 Å². The number of hydrogen-bond donors (Lipinski definition) is 1. The zero-order valence-electron chi connectivity index (χ0n) is 4.13. The smallest absolute Gasteiger partial charge is 0.0909 e. The summed E-state index contributed by atoms with van der Waals surface area (Å²) < 4.78 is 0. The van der Waals surface area contributed by atoms with E-state index in [1.807, 2.05) is 0 Å². The largest absolute Gasteiger partial charge is 0.389 e. The summed E-state index contributed by atoms with van der Waals surface area (Å²) in [7, 11) is 0. The summed E-state index contributed by atoms with van der Waals surface area (Å²) in [6, 6.07) is 1.76. The average Bonchev–Trinajstić information content (AvgIpc) is 1.61. The van der Waals surface area contributed by atoms with Crippen LogP contribution in [0.15, 0.2) is 12.2 Å². The minimum atomic E-state index is -0.500. The molecule has 0 aromatic heterocycles. The van der Waals surface area contributed by atoms with E-state index in [4.69, 9.17) is 10.4 Å². The van der Waals surface area contributed by atoms with Crippen LogP contribution in [-0.4, -0.2) is 11.2 Å². The van der Waals surface area contributed by atoms with Gasteiger partial charge in [0.1, 0.15) is 0 Å². The lowest BCUT2D eigenvalue weighted by Crippen LogP contribution is -1.90. The predicted octanol–water partition coefficient (Wildman–Crippen LogP) is 0.447. The Morgan fingerprint density at radius 2 is 2.43 bits per heavy atom. The summed E-state index contributed by atoms with van der Waals surface area (Å²) in [5.41, 5.74) is 0. The Morgan fingerprint density at radius 3 is 2.57 bits per heavy atom. The highest BCUT2D eigenvalue weighted by Crippen LogP contribution is 1.78. The second-order valence-electron chi connectivity index (χ2n) is 1.23. The summed E-state index contributed by atoms with van der Waals surface area (Å²) in [6.45, 7) is 1.59. The Kier molecular flexibility index (Phi) is 2.99. The highest BCUT2D eigenvalue weighted by Gasteiger charge is 1.80. The highest BCUT2D eigenvalue weighted by atomic mass is 16.3. The van der Waals surface area contributed by atoms with Gasteiger partial charge in [0.2, 0.25) is 0 Å². The molecule has 0 fully saturated rings. The van der Waals surface area contributed by atoms with Crippen LogP contribution in [0.2, 0.25) is 0 Å². The van der Waals surface area contributed by atoms with Crippen LogP contribution in [0.25, 0.3) is 0 Å². The minimum absolute atomic E-state index is 0.500. The second-order valence-corrected chi connectivity index (χ2v) is 1.23. The lowest BCUT2D eigenvalue weighted by Gasteiger charge is -1.86. The van der Waals surface area contributed by atoms with Crippen molar-refractivity contribution in [3.8, 4) is 6.07 Å². The zero-order valence-corrected chi connectivity index (χ0v) is 4.13. The third kappa shape index (κ3) is 5.19. The van der Waals surface area contributed by atoms with E-state index in [1.165, 1.54) is 12.2 Å². The van der Waals surface area contributed by atoms with Gasteiger partial charge in [-0.15, -0.1) is 0 Å². The summed E-state index contributed by atoms with van der Waals surface area (Å²) >= 11 is 0. The van der Waals surface area contributed by atoms with Crippen LogP contribution in [0.3, 0.4) is 0 Å². The van der Waals surface area contributed by atoms with Crippen molar-refractivity contribution in [3.05, 3.63) is 12.2 Å². The van der Waals surface area contributed by atoms with E-state index in [0.29, 0.717) is 0 Å². The number of aliphatic hydroxyl groups is 1. The molecule has 0 amide bonds. The molecule has 0 aliphatic heterocycles. The molecule has 0 rings (SSSR count). The van der Waals surface area contributed by atoms with Crippen molar-refractivity contribution in [2.24, 2.45) is 0 Å². The third-order valence-electron chi connectivity index (χ3n) is 0.449. The summed E-state index contributed by atoms with van der Waals surface area (Å²) in [4.78, 5) is 0.